The number of hydrogen-bond acceptors (Lipinski definition) is 6. The molecule has 0 saturated heterocycles. The van der Waals surface area contributed by atoms with E-state index in [-0.39, 0.29) is 12.5 Å². The summed E-state index contributed by atoms with van der Waals surface area (Å²) < 4.78 is 23.2. The van der Waals surface area contributed by atoms with Crippen LogP contribution in [0.1, 0.15) is 213 Å². The molecule has 0 aliphatic rings. The Bertz CT molecular complexity index is 1180. The number of carbonyl (C=O) groups excluding carboxylic acids is 1. The van der Waals surface area contributed by atoms with E-state index in [0.717, 1.165) is 51.4 Å². The molecule has 0 aromatic carbocycles. The van der Waals surface area contributed by atoms with E-state index < -0.39 is 26.6 Å². The van der Waals surface area contributed by atoms with Gasteiger partial charge in [-0.2, -0.15) is 0 Å². The normalized spacial score (nSPS) is 14.7. The number of allylic oxidation sites excluding steroid dienone is 9. The van der Waals surface area contributed by atoms with Crippen molar-refractivity contribution in [1.29, 1.82) is 0 Å². The second-order valence-corrected chi connectivity index (χ2v) is 19.6. The van der Waals surface area contributed by atoms with Gasteiger partial charge in [-0.05, 0) is 70.6 Å². The molecule has 0 rings (SSSR count). The van der Waals surface area contributed by atoms with Gasteiger partial charge in [-0.25, -0.2) is 0 Å². The average Bonchev–Trinajstić information content (AvgIpc) is 3.21. The maximum absolute atomic E-state index is 12.9. The van der Waals surface area contributed by atoms with E-state index in [1.807, 2.05) is 27.2 Å². The fourth-order valence-electron chi connectivity index (χ4n) is 6.94. The van der Waals surface area contributed by atoms with Crippen LogP contribution in [0.15, 0.2) is 60.8 Å². The minimum Gasteiger partial charge on any atom is -0.756 e. The fraction of sp³-hybridized carbons (Fsp3) is 0.788. The van der Waals surface area contributed by atoms with Crippen LogP contribution in [0, 0.1) is 0 Å². The van der Waals surface area contributed by atoms with Crippen molar-refractivity contribution >= 4 is 13.7 Å². The summed E-state index contributed by atoms with van der Waals surface area (Å²) in [7, 11) is 1.23. The van der Waals surface area contributed by atoms with Gasteiger partial charge in [0.05, 0.1) is 39.9 Å². The molecular weight excluding hydrogens is 780 g/mol. The first-order valence-electron chi connectivity index (χ1n) is 25.2. The van der Waals surface area contributed by atoms with Crippen molar-refractivity contribution in [2.24, 2.45) is 0 Å². The minimum atomic E-state index is -4.60. The number of unbranched alkanes of at least 4 members (excludes halogenated alkanes) is 24. The number of phosphoric ester groups is 1. The van der Waals surface area contributed by atoms with Crippen LogP contribution in [0.5, 0.6) is 0 Å². The SMILES string of the molecule is CCCCCCC/C=C\C/C=C\C/C=C\CCCCCCCCCCCCC(=O)NC(COP(=O)([O-])OCC[N+](C)(C)C)C(O)/C=C/CC/C=C/CCCCCCCCCC. The summed E-state index contributed by atoms with van der Waals surface area (Å²) >= 11 is 0. The Morgan fingerprint density at radius 1 is 0.574 bits per heavy atom. The van der Waals surface area contributed by atoms with Gasteiger partial charge in [0.2, 0.25) is 5.91 Å². The Labute approximate surface area is 377 Å². The number of likely N-dealkylation sites (N-methyl/N-ethyl adjacent to an activating group) is 1. The molecule has 8 nitrogen and oxygen atoms in total. The quantitative estimate of drug-likeness (QED) is 0.0273. The number of hydrogen-bond donors (Lipinski definition) is 2. The van der Waals surface area contributed by atoms with Gasteiger partial charge >= 0.3 is 0 Å². The standard InChI is InChI=1S/C52H97N2O6P/c1-6-8-10-12-14-16-18-20-22-23-24-25-26-27-28-29-30-31-32-34-36-38-40-42-44-46-52(56)53-50(49-60-61(57,58)59-48-47-54(3,4)5)51(55)45-43-41-39-37-35-33-21-19-17-15-13-11-9-7-2/h18,20,23-24,26-27,35,37,43,45,50-51,55H,6-17,19,21-22,25,28-34,36,38-42,44,46-49H2,1-5H3,(H-,53,56,57,58)/b20-18-,24-23-,27-26-,37-35+,45-43+. The molecule has 356 valence electrons. The lowest BCUT2D eigenvalue weighted by Crippen LogP contribution is -2.45. The van der Waals surface area contributed by atoms with Crippen LogP contribution in [-0.4, -0.2) is 68.5 Å². The summed E-state index contributed by atoms with van der Waals surface area (Å²) in [5, 5.41) is 13.8. The summed E-state index contributed by atoms with van der Waals surface area (Å²) in [4.78, 5) is 25.4. The van der Waals surface area contributed by atoms with Crippen LogP contribution >= 0.6 is 7.82 Å². The van der Waals surface area contributed by atoms with Crippen LogP contribution in [0.4, 0.5) is 0 Å². The highest BCUT2D eigenvalue weighted by atomic mass is 31.2. The number of carbonyl (C=O) groups is 1. The molecule has 3 unspecified atom stereocenters. The molecule has 0 radical (unpaired) electrons. The molecule has 0 aliphatic carbocycles. The summed E-state index contributed by atoms with van der Waals surface area (Å²) in [6.45, 7) is 4.60. The molecule has 0 aromatic heterocycles. The van der Waals surface area contributed by atoms with Crippen LogP contribution in [0.3, 0.4) is 0 Å². The summed E-state index contributed by atoms with van der Waals surface area (Å²) in [5.41, 5.74) is 0. The van der Waals surface area contributed by atoms with Crippen molar-refractivity contribution in [3.05, 3.63) is 60.8 Å². The Hall–Kier alpha value is -1.80. The maximum atomic E-state index is 12.9. The lowest BCUT2D eigenvalue weighted by Gasteiger charge is -2.29. The van der Waals surface area contributed by atoms with E-state index in [1.165, 1.54) is 141 Å². The lowest BCUT2D eigenvalue weighted by molar-refractivity contribution is -0.870. The number of nitrogens with zero attached hydrogens (tertiary/aromatic N) is 1. The maximum Gasteiger partial charge on any atom is 0.268 e. The van der Waals surface area contributed by atoms with Gasteiger partial charge in [-0.15, -0.1) is 0 Å². The van der Waals surface area contributed by atoms with Crippen molar-refractivity contribution in [3.63, 3.8) is 0 Å². The van der Waals surface area contributed by atoms with Crippen molar-refractivity contribution in [2.75, 3.05) is 40.9 Å². The first kappa shape index (κ1) is 59.2. The number of nitrogens with one attached hydrogen (secondary N) is 1. The average molecular weight is 877 g/mol. The van der Waals surface area contributed by atoms with Gasteiger partial charge in [0.25, 0.3) is 7.82 Å². The molecular formula is C52H97N2O6P. The molecule has 0 bridgehead atoms. The van der Waals surface area contributed by atoms with Gasteiger partial charge in [0, 0.05) is 6.42 Å². The van der Waals surface area contributed by atoms with Crippen molar-refractivity contribution in [2.45, 2.75) is 225 Å². The highest BCUT2D eigenvalue weighted by molar-refractivity contribution is 7.45. The lowest BCUT2D eigenvalue weighted by atomic mass is 10.0. The molecule has 0 aromatic rings. The third kappa shape index (κ3) is 46.0. The van der Waals surface area contributed by atoms with E-state index in [1.54, 1.807) is 6.08 Å². The predicted molar refractivity (Wildman–Crippen MR) is 261 cm³/mol. The first-order valence-corrected chi connectivity index (χ1v) is 26.6. The molecule has 3 atom stereocenters. The summed E-state index contributed by atoms with van der Waals surface area (Å²) in [6, 6.07) is -0.907. The Kier molecular flexibility index (Phi) is 42.2. The fourth-order valence-corrected chi connectivity index (χ4v) is 7.66. The number of amides is 1. The number of phosphoric acid groups is 1. The van der Waals surface area contributed by atoms with Gasteiger partial charge in [0.15, 0.2) is 0 Å². The third-order valence-electron chi connectivity index (χ3n) is 10.9. The Morgan fingerprint density at radius 2 is 0.967 bits per heavy atom. The Morgan fingerprint density at radius 3 is 1.44 bits per heavy atom. The van der Waals surface area contributed by atoms with Crippen LogP contribution in [0.2, 0.25) is 0 Å². The Balaban J connectivity index is 4.30. The third-order valence-corrected chi connectivity index (χ3v) is 11.9. The first-order chi connectivity index (χ1) is 29.5. The monoisotopic (exact) mass is 877 g/mol. The molecule has 61 heavy (non-hydrogen) atoms. The van der Waals surface area contributed by atoms with Gasteiger partial charge < -0.3 is 28.8 Å². The zero-order valence-electron chi connectivity index (χ0n) is 40.4. The van der Waals surface area contributed by atoms with Gasteiger partial charge in [-0.1, -0.05) is 197 Å². The van der Waals surface area contributed by atoms with Crippen molar-refractivity contribution in [3.8, 4) is 0 Å². The van der Waals surface area contributed by atoms with E-state index in [4.69, 9.17) is 9.05 Å². The summed E-state index contributed by atoms with van der Waals surface area (Å²) in [5.74, 6) is -0.213. The second kappa shape index (κ2) is 43.5. The van der Waals surface area contributed by atoms with E-state index in [2.05, 4.69) is 67.8 Å². The molecule has 1 amide bonds. The summed E-state index contributed by atoms with van der Waals surface area (Å²) in [6.07, 6.45) is 57.1. The zero-order chi connectivity index (χ0) is 45.0. The van der Waals surface area contributed by atoms with E-state index >= 15 is 0 Å². The molecule has 0 aliphatic heterocycles. The van der Waals surface area contributed by atoms with Crippen LogP contribution < -0.4 is 10.2 Å². The topological polar surface area (TPSA) is 108 Å². The van der Waals surface area contributed by atoms with Crippen molar-refractivity contribution < 1.29 is 32.9 Å². The smallest absolute Gasteiger partial charge is 0.268 e. The van der Waals surface area contributed by atoms with Crippen molar-refractivity contribution in [1.82, 2.24) is 5.32 Å². The minimum absolute atomic E-state index is 0.00921. The largest absolute Gasteiger partial charge is 0.756 e. The second-order valence-electron chi connectivity index (χ2n) is 18.2. The number of quaternary nitrogens is 1. The number of aliphatic hydroxyl groups excluding tert-OH is 1. The molecule has 0 heterocycles. The highest BCUT2D eigenvalue weighted by Gasteiger charge is 2.23. The van der Waals surface area contributed by atoms with Crippen LogP contribution in [0.25, 0.3) is 0 Å². The van der Waals surface area contributed by atoms with E-state index in [0.29, 0.717) is 17.4 Å². The molecule has 2 N–H and O–H groups in total. The van der Waals surface area contributed by atoms with Gasteiger partial charge in [0.1, 0.15) is 13.2 Å². The highest BCUT2D eigenvalue weighted by Crippen LogP contribution is 2.38. The number of rotatable bonds is 45. The van der Waals surface area contributed by atoms with Crippen LogP contribution in [-0.2, 0) is 18.4 Å². The van der Waals surface area contributed by atoms with E-state index in [9.17, 15) is 19.4 Å². The number of aliphatic hydroxyl groups is 1. The predicted octanol–water partition coefficient (Wildman–Crippen LogP) is 14.0. The zero-order valence-corrected chi connectivity index (χ0v) is 41.2. The molecule has 9 heteroatoms. The molecule has 0 fully saturated rings. The molecule has 0 spiro atoms. The van der Waals surface area contributed by atoms with Gasteiger partial charge in [-0.3, -0.25) is 9.36 Å². The molecule has 0 saturated carbocycles.